The normalized spacial score (nSPS) is 21.1. The summed E-state index contributed by atoms with van der Waals surface area (Å²) in [4.78, 5) is 0. The zero-order chi connectivity index (χ0) is 12.8. The fraction of sp³-hybridized carbons (Fsp3) is 0.600. The first kappa shape index (κ1) is 13.5. The molecule has 0 amide bonds. The van der Waals surface area contributed by atoms with Crippen LogP contribution in [0.2, 0.25) is 0 Å². The van der Waals surface area contributed by atoms with Gasteiger partial charge in [0.25, 0.3) is 0 Å². The van der Waals surface area contributed by atoms with Gasteiger partial charge in [-0.1, -0.05) is 31.2 Å². The van der Waals surface area contributed by atoms with E-state index in [0.717, 1.165) is 25.9 Å². The second-order valence-electron chi connectivity index (χ2n) is 4.98. The van der Waals surface area contributed by atoms with E-state index in [1.54, 1.807) is 0 Å². The Morgan fingerprint density at radius 3 is 2.94 bits per heavy atom. The summed E-state index contributed by atoms with van der Waals surface area (Å²) in [7, 11) is 0. The third kappa shape index (κ3) is 3.31. The van der Waals surface area contributed by atoms with Gasteiger partial charge in [0, 0.05) is 12.6 Å². The molecule has 1 saturated heterocycles. The SMILES string of the molecule is CCc1ccccc1C(CCC1CCCO1)NN. The Balaban J connectivity index is 1.98. The van der Waals surface area contributed by atoms with E-state index in [4.69, 9.17) is 10.6 Å². The molecule has 0 aromatic heterocycles. The highest BCUT2D eigenvalue weighted by Gasteiger charge is 2.19. The van der Waals surface area contributed by atoms with Crippen LogP contribution in [0.15, 0.2) is 24.3 Å². The van der Waals surface area contributed by atoms with Gasteiger partial charge in [-0.25, -0.2) is 0 Å². The van der Waals surface area contributed by atoms with Crippen LogP contribution in [0.4, 0.5) is 0 Å². The van der Waals surface area contributed by atoms with E-state index in [2.05, 4.69) is 36.6 Å². The first-order chi connectivity index (χ1) is 8.85. The monoisotopic (exact) mass is 248 g/mol. The molecule has 0 spiro atoms. The number of nitrogens with one attached hydrogen (secondary N) is 1. The molecule has 3 nitrogen and oxygen atoms in total. The van der Waals surface area contributed by atoms with Crippen LogP contribution in [0, 0.1) is 0 Å². The predicted molar refractivity (Wildman–Crippen MR) is 74.1 cm³/mol. The summed E-state index contributed by atoms with van der Waals surface area (Å²) in [5, 5.41) is 0. The first-order valence-corrected chi connectivity index (χ1v) is 7.00. The molecule has 0 saturated carbocycles. The van der Waals surface area contributed by atoms with Crippen molar-refractivity contribution in [1.29, 1.82) is 0 Å². The smallest absolute Gasteiger partial charge is 0.0576 e. The second kappa shape index (κ2) is 6.88. The molecule has 1 fully saturated rings. The molecular formula is C15H24N2O. The van der Waals surface area contributed by atoms with Crippen molar-refractivity contribution in [2.75, 3.05) is 6.61 Å². The molecule has 18 heavy (non-hydrogen) atoms. The van der Waals surface area contributed by atoms with Crippen molar-refractivity contribution in [1.82, 2.24) is 5.43 Å². The van der Waals surface area contributed by atoms with Crippen LogP contribution in [-0.2, 0) is 11.2 Å². The maximum Gasteiger partial charge on any atom is 0.0576 e. The van der Waals surface area contributed by atoms with Crippen molar-refractivity contribution < 1.29 is 4.74 Å². The van der Waals surface area contributed by atoms with E-state index >= 15 is 0 Å². The molecule has 100 valence electrons. The fourth-order valence-electron chi connectivity index (χ4n) is 2.75. The lowest BCUT2D eigenvalue weighted by molar-refractivity contribution is 0.0996. The van der Waals surface area contributed by atoms with E-state index < -0.39 is 0 Å². The van der Waals surface area contributed by atoms with Crippen molar-refractivity contribution >= 4 is 0 Å². The lowest BCUT2D eigenvalue weighted by atomic mass is 9.94. The van der Waals surface area contributed by atoms with Crippen LogP contribution >= 0.6 is 0 Å². The number of hydrogen-bond donors (Lipinski definition) is 2. The van der Waals surface area contributed by atoms with Crippen LogP contribution in [0.25, 0.3) is 0 Å². The molecule has 1 aliphatic heterocycles. The quantitative estimate of drug-likeness (QED) is 0.601. The molecule has 0 aliphatic carbocycles. The van der Waals surface area contributed by atoms with Gasteiger partial charge in [0.05, 0.1) is 6.10 Å². The molecule has 0 bridgehead atoms. The highest BCUT2D eigenvalue weighted by molar-refractivity contribution is 5.29. The Hall–Kier alpha value is -0.900. The Morgan fingerprint density at radius 1 is 1.44 bits per heavy atom. The van der Waals surface area contributed by atoms with E-state index in [-0.39, 0.29) is 6.04 Å². The Bertz CT molecular complexity index is 361. The summed E-state index contributed by atoms with van der Waals surface area (Å²) in [5.41, 5.74) is 5.68. The molecule has 2 atom stereocenters. The average Bonchev–Trinajstić information content (AvgIpc) is 2.93. The average molecular weight is 248 g/mol. The van der Waals surface area contributed by atoms with Gasteiger partial charge in [-0.15, -0.1) is 0 Å². The summed E-state index contributed by atoms with van der Waals surface area (Å²) >= 11 is 0. The summed E-state index contributed by atoms with van der Waals surface area (Å²) < 4.78 is 5.67. The molecular weight excluding hydrogens is 224 g/mol. The Kier molecular flexibility index (Phi) is 5.17. The zero-order valence-corrected chi connectivity index (χ0v) is 11.2. The first-order valence-electron chi connectivity index (χ1n) is 7.00. The summed E-state index contributed by atoms with van der Waals surface area (Å²) in [6.45, 7) is 3.11. The van der Waals surface area contributed by atoms with Gasteiger partial charge in [-0.3, -0.25) is 11.3 Å². The maximum atomic E-state index is 5.72. The predicted octanol–water partition coefficient (Wildman–Crippen LogP) is 2.71. The van der Waals surface area contributed by atoms with Gasteiger partial charge in [-0.2, -0.15) is 0 Å². The summed E-state index contributed by atoms with van der Waals surface area (Å²) in [6, 6.07) is 8.79. The minimum absolute atomic E-state index is 0.241. The number of ether oxygens (including phenoxy) is 1. The van der Waals surface area contributed by atoms with Crippen molar-refractivity contribution in [3.63, 3.8) is 0 Å². The Labute approximate surface area is 110 Å². The van der Waals surface area contributed by atoms with Gasteiger partial charge < -0.3 is 4.74 Å². The van der Waals surface area contributed by atoms with E-state index in [1.165, 1.54) is 24.0 Å². The van der Waals surface area contributed by atoms with Crippen molar-refractivity contribution in [2.24, 2.45) is 5.84 Å². The minimum atomic E-state index is 0.241. The molecule has 1 heterocycles. The fourth-order valence-corrected chi connectivity index (χ4v) is 2.75. The molecule has 1 aliphatic rings. The van der Waals surface area contributed by atoms with Crippen LogP contribution < -0.4 is 11.3 Å². The largest absolute Gasteiger partial charge is 0.378 e. The number of benzene rings is 1. The highest BCUT2D eigenvalue weighted by Crippen LogP contribution is 2.25. The molecule has 1 aromatic carbocycles. The minimum Gasteiger partial charge on any atom is -0.378 e. The molecule has 3 N–H and O–H groups in total. The molecule has 1 aromatic rings. The van der Waals surface area contributed by atoms with Crippen molar-refractivity contribution in [3.8, 4) is 0 Å². The van der Waals surface area contributed by atoms with Crippen LogP contribution in [0.1, 0.15) is 49.8 Å². The van der Waals surface area contributed by atoms with Gasteiger partial charge in [0.15, 0.2) is 0 Å². The van der Waals surface area contributed by atoms with Gasteiger partial charge in [0.2, 0.25) is 0 Å². The van der Waals surface area contributed by atoms with Gasteiger partial charge >= 0.3 is 0 Å². The third-order valence-electron chi connectivity index (χ3n) is 3.81. The second-order valence-corrected chi connectivity index (χ2v) is 4.98. The molecule has 2 unspecified atom stereocenters. The van der Waals surface area contributed by atoms with E-state index in [9.17, 15) is 0 Å². The van der Waals surface area contributed by atoms with E-state index in [0.29, 0.717) is 6.10 Å². The lowest BCUT2D eigenvalue weighted by Crippen LogP contribution is -2.29. The number of rotatable bonds is 6. The topological polar surface area (TPSA) is 47.3 Å². The number of hydrazine groups is 1. The molecule has 2 rings (SSSR count). The summed E-state index contributed by atoms with van der Waals surface area (Å²) in [5.74, 6) is 5.72. The lowest BCUT2D eigenvalue weighted by Gasteiger charge is -2.20. The number of nitrogens with two attached hydrogens (primary N) is 1. The molecule has 3 heteroatoms. The molecule has 0 radical (unpaired) electrons. The van der Waals surface area contributed by atoms with Crippen molar-refractivity contribution in [2.45, 2.75) is 51.2 Å². The highest BCUT2D eigenvalue weighted by atomic mass is 16.5. The van der Waals surface area contributed by atoms with Crippen LogP contribution in [0.5, 0.6) is 0 Å². The third-order valence-corrected chi connectivity index (χ3v) is 3.81. The standard InChI is InChI=1S/C15H24N2O/c1-2-12-6-3-4-8-14(12)15(17-16)10-9-13-7-5-11-18-13/h3-4,6,8,13,15,17H,2,5,7,9-11,16H2,1H3. The number of aryl methyl sites for hydroxylation is 1. The van der Waals surface area contributed by atoms with E-state index in [1.807, 2.05) is 0 Å². The zero-order valence-electron chi connectivity index (χ0n) is 11.2. The van der Waals surface area contributed by atoms with Crippen molar-refractivity contribution in [3.05, 3.63) is 35.4 Å². The van der Waals surface area contributed by atoms with Crippen LogP contribution in [-0.4, -0.2) is 12.7 Å². The number of hydrogen-bond acceptors (Lipinski definition) is 3. The Morgan fingerprint density at radius 2 is 2.28 bits per heavy atom. The van der Waals surface area contributed by atoms with Gasteiger partial charge in [-0.05, 0) is 43.2 Å². The van der Waals surface area contributed by atoms with Gasteiger partial charge in [0.1, 0.15) is 0 Å². The maximum absolute atomic E-state index is 5.72. The summed E-state index contributed by atoms with van der Waals surface area (Å²) in [6.07, 6.45) is 6.03. The van der Waals surface area contributed by atoms with Crippen LogP contribution in [0.3, 0.4) is 0 Å².